The zero-order valence-electron chi connectivity index (χ0n) is 10.3. The van der Waals surface area contributed by atoms with Crippen LogP contribution in [0.3, 0.4) is 0 Å². The molecule has 2 rings (SSSR count). The number of nitrogens with one attached hydrogen (secondary N) is 1. The van der Waals surface area contributed by atoms with Crippen LogP contribution in [-0.2, 0) is 6.42 Å². The van der Waals surface area contributed by atoms with Crippen LogP contribution >= 0.6 is 11.8 Å². The molecule has 1 aliphatic rings. The SMILES string of the molecule is Cc1cc(F)ccc1CCNCC1CCSC1. The molecule has 1 aromatic carbocycles. The molecule has 1 N–H and O–H groups in total. The summed E-state index contributed by atoms with van der Waals surface area (Å²) in [5.74, 6) is 3.35. The molecule has 0 radical (unpaired) electrons. The van der Waals surface area contributed by atoms with E-state index in [1.165, 1.54) is 23.5 Å². The molecule has 1 unspecified atom stereocenters. The Bertz CT molecular complexity index is 361. The highest BCUT2D eigenvalue weighted by molar-refractivity contribution is 7.99. The predicted octanol–water partition coefficient (Wildman–Crippen LogP) is 3.02. The number of hydrogen-bond donors (Lipinski definition) is 1. The lowest BCUT2D eigenvalue weighted by Gasteiger charge is -2.11. The molecule has 0 spiro atoms. The van der Waals surface area contributed by atoms with E-state index < -0.39 is 0 Å². The highest BCUT2D eigenvalue weighted by Crippen LogP contribution is 2.22. The van der Waals surface area contributed by atoms with Gasteiger partial charge >= 0.3 is 0 Å². The summed E-state index contributed by atoms with van der Waals surface area (Å²) < 4.78 is 12.9. The Hall–Kier alpha value is -0.540. The van der Waals surface area contributed by atoms with Crippen molar-refractivity contribution in [2.75, 3.05) is 24.6 Å². The van der Waals surface area contributed by atoms with Crippen molar-refractivity contribution in [3.05, 3.63) is 35.1 Å². The van der Waals surface area contributed by atoms with E-state index in [0.717, 1.165) is 31.0 Å². The minimum absolute atomic E-state index is 0.137. The van der Waals surface area contributed by atoms with Crippen molar-refractivity contribution in [3.8, 4) is 0 Å². The fraction of sp³-hybridized carbons (Fsp3) is 0.571. The first-order valence-corrected chi connectivity index (χ1v) is 7.44. The molecule has 0 saturated carbocycles. The van der Waals surface area contributed by atoms with Gasteiger partial charge in [-0.1, -0.05) is 6.07 Å². The van der Waals surface area contributed by atoms with Gasteiger partial charge in [0, 0.05) is 0 Å². The second-order valence-corrected chi connectivity index (χ2v) is 5.90. The maximum atomic E-state index is 12.9. The summed E-state index contributed by atoms with van der Waals surface area (Å²) >= 11 is 2.06. The number of benzene rings is 1. The first kappa shape index (κ1) is 12.9. The van der Waals surface area contributed by atoms with Crippen LogP contribution in [0.5, 0.6) is 0 Å². The van der Waals surface area contributed by atoms with Crippen LogP contribution < -0.4 is 5.32 Å². The van der Waals surface area contributed by atoms with Crippen LogP contribution in [0.2, 0.25) is 0 Å². The molecule has 0 amide bonds. The maximum absolute atomic E-state index is 12.9. The molecule has 0 aliphatic carbocycles. The minimum Gasteiger partial charge on any atom is -0.316 e. The van der Waals surface area contributed by atoms with Crippen LogP contribution in [-0.4, -0.2) is 24.6 Å². The minimum atomic E-state index is -0.137. The molecular weight excluding hydrogens is 233 g/mol. The largest absolute Gasteiger partial charge is 0.316 e. The number of rotatable bonds is 5. The average Bonchev–Trinajstić information content (AvgIpc) is 2.79. The first-order chi connectivity index (χ1) is 8.25. The summed E-state index contributed by atoms with van der Waals surface area (Å²) in [6.45, 7) is 4.10. The van der Waals surface area contributed by atoms with E-state index >= 15 is 0 Å². The van der Waals surface area contributed by atoms with E-state index in [1.54, 1.807) is 12.1 Å². The third-order valence-electron chi connectivity index (χ3n) is 3.33. The van der Waals surface area contributed by atoms with Crippen molar-refractivity contribution < 1.29 is 4.39 Å². The van der Waals surface area contributed by atoms with Crippen LogP contribution in [0, 0.1) is 18.7 Å². The van der Waals surface area contributed by atoms with Crippen molar-refractivity contribution in [1.29, 1.82) is 0 Å². The Kier molecular flexibility index (Phi) is 4.86. The van der Waals surface area contributed by atoms with Crippen LogP contribution in [0.1, 0.15) is 17.5 Å². The number of aryl methyl sites for hydroxylation is 1. The topological polar surface area (TPSA) is 12.0 Å². The molecule has 1 saturated heterocycles. The molecule has 3 heteroatoms. The second kappa shape index (κ2) is 6.41. The van der Waals surface area contributed by atoms with Crippen LogP contribution in [0.25, 0.3) is 0 Å². The van der Waals surface area contributed by atoms with E-state index in [0.29, 0.717) is 0 Å². The smallest absolute Gasteiger partial charge is 0.123 e. The first-order valence-electron chi connectivity index (χ1n) is 6.29. The molecule has 1 fully saturated rings. The van der Waals surface area contributed by atoms with Gasteiger partial charge in [0.2, 0.25) is 0 Å². The van der Waals surface area contributed by atoms with E-state index in [1.807, 2.05) is 13.0 Å². The third kappa shape index (κ3) is 4.00. The Balaban J connectivity index is 1.70. The van der Waals surface area contributed by atoms with Gasteiger partial charge in [-0.2, -0.15) is 11.8 Å². The lowest BCUT2D eigenvalue weighted by molar-refractivity contribution is 0.525. The van der Waals surface area contributed by atoms with Crippen LogP contribution in [0.4, 0.5) is 4.39 Å². The molecule has 1 heterocycles. The van der Waals surface area contributed by atoms with E-state index in [2.05, 4.69) is 17.1 Å². The van der Waals surface area contributed by atoms with Gasteiger partial charge in [0.15, 0.2) is 0 Å². The van der Waals surface area contributed by atoms with Crippen molar-refractivity contribution in [2.24, 2.45) is 5.92 Å². The van der Waals surface area contributed by atoms with Gasteiger partial charge in [-0.05, 0) is 73.5 Å². The highest BCUT2D eigenvalue weighted by atomic mass is 32.2. The van der Waals surface area contributed by atoms with E-state index in [9.17, 15) is 4.39 Å². The predicted molar refractivity (Wildman–Crippen MR) is 73.1 cm³/mol. The van der Waals surface area contributed by atoms with E-state index in [4.69, 9.17) is 0 Å². The Morgan fingerprint density at radius 3 is 3.06 bits per heavy atom. The molecular formula is C14H20FNS. The van der Waals surface area contributed by atoms with Gasteiger partial charge in [0.25, 0.3) is 0 Å². The number of hydrogen-bond acceptors (Lipinski definition) is 2. The Morgan fingerprint density at radius 2 is 2.35 bits per heavy atom. The summed E-state index contributed by atoms with van der Waals surface area (Å²) in [5, 5.41) is 3.51. The van der Waals surface area contributed by atoms with E-state index in [-0.39, 0.29) is 5.82 Å². The Labute approximate surface area is 107 Å². The van der Waals surface area contributed by atoms with Gasteiger partial charge in [-0.3, -0.25) is 0 Å². The van der Waals surface area contributed by atoms with Crippen molar-refractivity contribution in [3.63, 3.8) is 0 Å². The molecule has 1 nitrogen and oxygen atoms in total. The number of halogens is 1. The molecule has 1 aliphatic heterocycles. The fourth-order valence-corrected chi connectivity index (χ4v) is 3.50. The van der Waals surface area contributed by atoms with Gasteiger partial charge in [-0.15, -0.1) is 0 Å². The summed E-state index contributed by atoms with van der Waals surface area (Å²) in [6, 6.07) is 5.07. The maximum Gasteiger partial charge on any atom is 0.123 e. The zero-order chi connectivity index (χ0) is 12.1. The molecule has 1 atom stereocenters. The summed E-state index contributed by atoms with van der Waals surface area (Å²) in [6.07, 6.45) is 2.35. The molecule has 1 aromatic rings. The van der Waals surface area contributed by atoms with Crippen molar-refractivity contribution in [1.82, 2.24) is 5.32 Å². The number of thioether (sulfide) groups is 1. The molecule has 0 bridgehead atoms. The fourth-order valence-electron chi connectivity index (χ4n) is 2.21. The van der Waals surface area contributed by atoms with Crippen LogP contribution in [0.15, 0.2) is 18.2 Å². The van der Waals surface area contributed by atoms with Crippen molar-refractivity contribution in [2.45, 2.75) is 19.8 Å². The summed E-state index contributed by atoms with van der Waals surface area (Å²) in [4.78, 5) is 0. The molecule has 0 aromatic heterocycles. The second-order valence-electron chi connectivity index (χ2n) is 4.75. The quantitative estimate of drug-likeness (QED) is 0.810. The summed E-state index contributed by atoms with van der Waals surface area (Å²) in [5.41, 5.74) is 2.31. The lowest BCUT2D eigenvalue weighted by Crippen LogP contribution is -2.25. The van der Waals surface area contributed by atoms with Gasteiger partial charge in [0.1, 0.15) is 5.82 Å². The van der Waals surface area contributed by atoms with Gasteiger partial charge in [-0.25, -0.2) is 4.39 Å². The molecule has 17 heavy (non-hydrogen) atoms. The van der Waals surface area contributed by atoms with Gasteiger partial charge < -0.3 is 5.32 Å². The standard InChI is InChI=1S/C14H20FNS/c1-11-8-14(15)3-2-13(11)4-6-16-9-12-5-7-17-10-12/h2-3,8,12,16H,4-7,9-10H2,1H3. The monoisotopic (exact) mass is 253 g/mol. The Morgan fingerprint density at radius 1 is 1.47 bits per heavy atom. The lowest BCUT2D eigenvalue weighted by atomic mass is 10.1. The summed E-state index contributed by atoms with van der Waals surface area (Å²) in [7, 11) is 0. The average molecular weight is 253 g/mol. The third-order valence-corrected chi connectivity index (χ3v) is 4.56. The van der Waals surface area contributed by atoms with Gasteiger partial charge in [0.05, 0.1) is 0 Å². The normalized spacial score (nSPS) is 19.8. The zero-order valence-corrected chi connectivity index (χ0v) is 11.2. The highest BCUT2D eigenvalue weighted by Gasteiger charge is 2.14. The molecule has 94 valence electrons. The van der Waals surface area contributed by atoms with Crippen molar-refractivity contribution >= 4 is 11.8 Å².